The zero-order chi connectivity index (χ0) is 22.3. The number of aryl methyl sites for hydroxylation is 2. The van der Waals surface area contributed by atoms with E-state index in [9.17, 15) is 19.1 Å². The van der Waals surface area contributed by atoms with Crippen molar-refractivity contribution in [1.29, 1.82) is 0 Å². The maximum absolute atomic E-state index is 14.1. The van der Waals surface area contributed by atoms with Crippen molar-refractivity contribution in [3.8, 4) is 0 Å². The van der Waals surface area contributed by atoms with Crippen molar-refractivity contribution in [3.63, 3.8) is 0 Å². The number of Topliss-reactive ketones (excluding diaryl/α,β-unsaturated/α-hetero) is 1. The number of ketones is 1. The Morgan fingerprint density at radius 1 is 1.19 bits per heavy atom. The summed E-state index contributed by atoms with van der Waals surface area (Å²) in [4.78, 5) is 31.5. The number of halogens is 1. The minimum absolute atomic E-state index is 0.0845. The first-order valence-electron chi connectivity index (χ1n) is 9.73. The lowest BCUT2D eigenvalue weighted by atomic mass is 9.94. The van der Waals surface area contributed by atoms with Gasteiger partial charge in [-0.3, -0.25) is 19.3 Å². The first-order valence-corrected chi connectivity index (χ1v) is 9.73. The zero-order valence-electron chi connectivity index (χ0n) is 17.3. The van der Waals surface area contributed by atoms with Gasteiger partial charge in [0, 0.05) is 31.7 Å². The van der Waals surface area contributed by atoms with Crippen molar-refractivity contribution in [3.05, 3.63) is 88.3 Å². The Morgan fingerprint density at radius 3 is 2.58 bits per heavy atom. The summed E-state index contributed by atoms with van der Waals surface area (Å²) in [5, 5.41) is 15.5. The average molecular weight is 420 g/mol. The molecule has 1 aliphatic rings. The van der Waals surface area contributed by atoms with Gasteiger partial charge in [0.15, 0.2) is 0 Å². The minimum atomic E-state index is -0.949. The van der Waals surface area contributed by atoms with Crippen LogP contribution in [-0.2, 0) is 23.2 Å². The Kier molecular flexibility index (Phi) is 5.14. The smallest absolute Gasteiger partial charge is 0.295 e. The highest BCUT2D eigenvalue weighted by atomic mass is 19.1. The van der Waals surface area contributed by atoms with Crippen LogP contribution in [0.1, 0.15) is 34.1 Å². The topological polar surface area (TPSA) is 88.3 Å². The van der Waals surface area contributed by atoms with Crippen LogP contribution in [0, 0.1) is 19.7 Å². The van der Waals surface area contributed by atoms with Gasteiger partial charge >= 0.3 is 0 Å². The number of hydrogen-bond donors (Lipinski definition) is 1. The lowest BCUT2D eigenvalue weighted by molar-refractivity contribution is -0.140. The molecule has 1 saturated heterocycles. The fourth-order valence-electron chi connectivity index (χ4n) is 4.01. The molecule has 1 aromatic carbocycles. The molecule has 0 radical (unpaired) electrons. The average Bonchev–Trinajstić information content (AvgIpc) is 3.14. The number of nitrogens with zero attached hydrogens (tertiary/aromatic N) is 4. The summed E-state index contributed by atoms with van der Waals surface area (Å²) in [5.74, 6) is -2.40. The molecule has 0 saturated carbocycles. The second-order valence-electron chi connectivity index (χ2n) is 7.51. The summed E-state index contributed by atoms with van der Waals surface area (Å²) < 4.78 is 15.7. The van der Waals surface area contributed by atoms with E-state index in [1.54, 1.807) is 56.2 Å². The molecule has 0 unspecified atom stereocenters. The number of pyridine rings is 1. The largest absolute Gasteiger partial charge is 0.507 e. The van der Waals surface area contributed by atoms with Gasteiger partial charge in [-0.25, -0.2) is 4.39 Å². The van der Waals surface area contributed by atoms with Crippen molar-refractivity contribution < 1.29 is 19.1 Å². The van der Waals surface area contributed by atoms with Gasteiger partial charge in [-0.1, -0.05) is 18.2 Å². The fourth-order valence-corrected chi connectivity index (χ4v) is 4.01. The fraction of sp³-hybridized carbons (Fsp3) is 0.217. The molecule has 3 heterocycles. The second kappa shape index (κ2) is 7.79. The predicted molar refractivity (Wildman–Crippen MR) is 111 cm³/mol. The molecule has 1 N–H and O–H groups in total. The van der Waals surface area contributed by atoms with Crippen LogP contribution in [-0.4, -0.2) is 36.5 Å². The first-order chi connectivity index (χ1) is 14.8. The van der Waals surface area contributed by atoms with E-state index in [4.69, 9.17) is 0 Å². The Balaban J connectivity index is 1.92. The Morgan fingerprint density at radius 2 is 1.97 bits per heavy atom. The Bertz CT molecular complexity index is 1220. The molecule has 0 aliphatic carbocycles. The summed E-state index contributed by atoms with van der Waals surface area (Å²) in [6, 6.07) is 8.25. The molecule has 0 bridgehead atoms. The maximum Gasteiger partial charge on any atom is 0.295 e. The number of amides is 1. The van der Waals surface area contributed by atoms with E-state index in [0.717, 1.165) is 0 Å². The molecule has 1 fully saturated rings. The highest BCUT2D eigenvalue weighted by molar-refractivity contribution is 6.46. The van der Waals surface area contributed by atoms with Crippen molar-refractivity contribution >= 4 is 17.4 Å². The van der Waals surface area contributed by atoms with E-state index in [0.29, 0.717) is 28.1 Å². The van der Waals surface area contributed by atoms with Gasteiger partial charge in [-0.15, -0.1) is 0 Å². The van der Waals surface area contributed by atoms with E-state index < -0.39 is 23.5 Å². The predicted octanol–water partition coefficient (Wildman–Crippen LogP) is 3.19. The molecule has 158 valence electrons. The monoisotopic (exact) mass is 420 g/mol. The third-order valence-corrected chi connectivity index (χ3v) is 5.53. The number of rotatable bonds is 4. The summed E-state index contributed by atoms with van der Waals surface area (Å²) in [6.07, 6.45) is 3.20. The normalized spacial score (nSPS) is 18.1. The Labute approximate surface area is 178 Å². The van der Waals surface area contributed by atoms with Gasteiger partial charge < -0.3 is 10.0 Å². The van der Waals surface area contributed by atoms with Crippen molar-refractivity contribution in [2.24, 2.45) is 7.05 Å². The van der Waals surface area contributed by atoms with Crippen molar-refractivity contribution in [2.45, 2.75) is 26.4 Å². The molecule has 8 heteroatoms. The number of hydrogen-bond acceptors (Lipinski definition) is 5. The molecule has 4 rings (SSSR count). The summed E-state index contributed by atoms with van der Waals surface area (Å²) in [7, 11) is 1.73. The molecule has 1 aliphatic heterocycles. The highest BCUT2D eigenvalue weighted by Gasteiger charge is 2.46. The van der Waals surface area contributed by atoms with E-state index in [2.05, 4.69) is 10.1 Å². The molecule has 0 spiro atoms. The van der Waals surface area contributed by atoms with Crippen LogP contribution >= 0.6 is 0 Å². The van der Waals surface area contributed by atoms with Crippen LogP contribution in [0.3, 0.4) is 0 Å². The van der Waals surface area contributed by atoms with Gasteiger partial charge in [0.2, 0.25) is 0 Å². The van der Waals surface area contributed by atoms with Crippen LogP contribution in [0.2, 0.25) is 0 Å². The third-order valence-electron chi connectivity index (χ3n) is 5.53. The molecule has 1 amide bonds. The van der Waals surface area contributed by atoms with E-state index in [-0.39, 0.29) is 17.9 Å². The number of aromatic nitrogens is 3. The molecular weight excluding hydrogens is 399 g/mol. The molecule has 1 atom stereocenters. The molecular formula is C23H21FN4O3. The summed E-state index contributed by atoms with van der Waals surface area (Å²) in [6.45, 7) is 3.56. The van der Waals surface area contributed by atoms with E-state index in [1.807, 2.05) is 0 Å². The van der Waals surface area contributed by atoms with Crippen molar-refractivity contribution in [2.75, 3.05) is 0 Å². The van der Waals surface area contributed by atoms with Gasteiger partial charge in [0.05, 0.1) is 22.9 Å². The van der Waals surface area contributed by atoms with Gasteiger partial charge in [-0.05, 0) is 43.2 Å². The molecule has 31 heavy (non-hydrogen) atoms. The lowest BCUT2D eigenvalue weighted by Gasteiger charge is -2.25. The number of aliphatic hydroxyl groups is 1. The number of benzene rings is 1. The first kappa shape index (κ1) is 20.5. The standard InChI is InChI=1S/C23H21FN4O3/c1-13-18(14(2)27(3)26-13)21(29)19-20(16-7-4-8-17(24)10-16)28(23(31)22(19)30)12-15-6-5-9-25-11-15/h4-11,20,29H,12H2,1-3H3/t20-/m1/s1. The second-order valence-corrected chi connectivity index (χ2v) is 7.51. The maximum atomic E-state index is 14.1. The molecule has 2 aromatic heterocycles. The zero-order valence-corrected chi connectivity index (χ0v) is 17.3. The summed E-state index contributed by atoms with van der Waals surface area (Å²) >= 11 is 0. The molecule has 3 aromatic rings. The minimum Gasteiger partial charge on any atom is -0.507 e. The van der Waals surface area contributed by atoms with E-state index in [1.165, 1.54) is 23.1 Å². The summed E-state index contributed by atoms with van der Waals surface area (Å²) in [5.41, 5.74) is 2.57. The lowest BCUT2D eigenvalue weighted by Crippen LogP contribution is -2.29. The number of carbonyl (C=O) groups excluding carboxylic acids is 2. The third kappa shape index (κ3) is 3.50. The van der Waals surface area contributed by atoms with Crippen LogP contribution in [0.15, 0.2) is 54.4 Å². The number of carbonyl (C=O) groups is 2. The Hall–Kier alpha value is -3.81. The highest BCUT2D eigenvalue weighted by Crippen LogP contribution is 2.41. The molecule has 7 nitrogen and oxygen atoms in total. The van der Waals surface area contributed by atoms with Gasteiger partial charge in [-0.2, -0.15) is 5.10 Å². The van der Waals surface area contributed by atoms with Crippen LogP contribution in [0.25, 0.3) is 5.76 Å². The van der Waals surface area contributed by atoms with Crippen molar-refractivity contribution in [1.82, 2.24) is 19.7 Å². The van der Waals surface area contributed by atoms with Gasteiger partial charge in [0.1, 0.15) is 11.6 Å². The van der Waals surface area contributed by atoms with Gasteiger partial charge in [0.25, 0.3) is 11.7 Å². The van der Waals surface area contributed by atoms with Crippen LogP contribution in [0.5, 0.6) is 0 Å². The quantitative estimate of drug-likeness (QED) is 0.398. The van der Waals surface area contributed by atoms with E-state index >= 15 is 0 Å². The number of likely N-dealkylation sites (tertiary alicyclic amines) is 1. The van der Waals surface area contributed by atoms with Crippen LogP contribution < -0.4 is 0 Å². The van der Waals surface area contributed by atoms with Crippen LogP contribution in [0.4, 0.5) is 4.39 Å². The SMILES string of the molecule is Cc1nn(C)c(C)c1C(O)=C1C(=O)C(=O)N(Cc2cccnc2)[C@@H]1c1cccc(F)c1. The number of aliphatic hydroxyl groups excluding tert-OH is 1.